The van der Waals surface area contributed by atoms with Crippen LogP contribution in [0.25, 0.3) is 16.6 Å². The van der Waals surface area contributed by atoms with Gasteiger partial charge in [-0.3, -0.25) is 2.78 Å². The molecule has 4 aromatic rings. The van der Waals surface area contributed by atoms with Crippen LogP contribution in [0, 0.1) is 12.7 Å². The molecule has 4 aromatic heterocycles. The molecule has 10 heteroatoms. The average Bonchev–Trinajstić information content (AvgIpc) is 3.17. The summed E-state index contributed by atoms with van der Waals surface area (Å²) in [5.74, 6) is 0.181. The van der Waals surface area contributed by atoms with Crippen molar-refractivity contribution in [2.24, 2.45) is 0 Å². The molecule has 140 valence electrons. The number of fused-ring (bicyclic) bond motifs is 2. The van der Waals surface area contributed by atoms with Gasteiger partial charge in [0.15, 0.2) is 17.2 Å². The van der Waals surface area contributed by atoms with E-state index in [2.05, 4.69) is 15.1 Å². The van der Waals surface area contributed by atoms with Crippen LogP contribution in [-0.2, 0) is 0 Å². The predicted octanol–water partition coefficient (Wildman–Crippen LogP) is 3.28. The number of pyridine rings is 1. The average molecular weight is 483 g/mol. The van der Waals surface area contributed by atoms with Gasteiger partial charge >= 0.3 is 0 Å². The normalized spacial score (nSPS) is 12.6. The number of aliphatic hydroxyl groups excluding tert-OH is 1. The molecule has 0 saturated heterocycles. The van der Waals surface area contributed by atoms with E-state index in [1.54, 1.807) is 32.7 Å². The highest BCUT2D eigenvalue weighted by molar-refractivity contribution is 14.1. The number of hydrogen-bond donors (Lipinski definition) is 1. The second-order valence-corrected chi connectivity index (χ2v) is 7.08. The van der Waals surface area contributed by atoms with Gasteiger partial charge in [-0.05, 0) is 19.9 Å². The van der Waals surface area contributed by atoms with Gasteiger partial charge in [0.2, 0.25) is 5.88 Å². The van der Waals surface area contributed by atoms with Crippen LogP contribution in [-0.4, -0.2) is 40.2 Å². The number of aliphatic hydroxyl groups is 1. The maximum Gasteiger partial charge on any atom is 0.247 e. The molecule has 1 unspecified atom stereocenters. The van der Waals surface area contributed by atoms with Gasteiger partial charge in [0.1, 0.15) is 24.2 Å². The zero-order valence-corrected chi connectivity index (χ0v) is 16.6. The minimum atomic E-state index is -0.605. The molecular weight excluding hydrogens is 468 g/mol. The van der Waals surface area contributed by atoms with Gasteiger partial charge in [0, 0.05) is 11.8 Å². The van der Waals surface area contributed by atoms with Gasteiger partial charge in [-0.25, -0.2) is 13.9 Å². The van der Waals surface area contributed by atoms with Crippen LogP contribution >= 0.6 is 22.9 Å². The first-order valence-electron chi connectivity index (χ1n) is 8.09. The molecule has 0 aromatic carbocycles. The third-order valence-electron chi connectivity index (χ3n) is 4.01. The monoisotopic (exact) mass is 483 g/mol. The summed E-state index contributed by atoms with van der Waals surface area (Å²) >= 11 is 2.03. The van der Waals surface area contributed by atoms with Gasteiger partial charge in [0.05, 0.1) is 46.7 Å². The summed E-state index contributed by atoms with van der Waals surface area (Å²) in [6, 6.07) is 1.64. The molecule has 1 atom stereocenters. The summed E-state index contributed by atoms with van der Waals surface area (Å²) in [6.07, 6.45) is 5.42. The molecule has 8 nitrogen and oxygen atoms in total. The SMILES string of the molecule is Cc1c(OCC(C)O)cn2ncnc(Oc3cnc4c(ccn4I)c3F)c12. The van der Waals surface area contributed by atoms with Crippen LogP contribution < -0.4 is 9.47 Å². The van der Waals surface area contributed by atoms with E-state index < -0.39 is 11.9 Å². The summed E-state index contributed by atoms with van der Waals surface area (Å²) in [6.45, 7) is 3.59. The fourth-order valence-electron chi connectivity index (χ4n) is 2.72. The summed E-state index contributed by atoms with van der Waals surface area (Å²) in [5.41, 5.74) is 1.78. The van der Waals surface area contributed by atoms with E-state index in [0.717, 1.165) is 5.56 Å². The fraction of sp³-hybridized carbons (Fsp3) is 0.235. The number of ether oxygens (including phenoxy) is 2. The number of halogens is 2. The predicted molar refractivity (Wildman–Crippen MR) is 104 cm³/mol. The lowest BCUT2D eigenvalue weighted by atomic mass is 10.3. The Kier molecular flexibility index (Phi) is 4.60. The highest BCUT2D eigenvalue weighted by Crippen LogP contribution is 2.34. The van der Waals surface area contributed by atoms with Gasteiger partial charge in [-0.2, -0.15) is 10.1 Å². The lowest BCUT2D eigenvalue weighted by Crippen LogP contribution is -2.12. The molecule has 4 rings (SSSR count). The van der Waals surface area contributed by atoms with Crippen LogP contribution in [0.15, 0.2) is 31.0 Å². The van der Waals surface area contributed by atoms with Crippen LogP contribution in [0.3, 0.4) is 0 Å². The zero-order chi connectivity index (χ0) is 19.1. The van der Waals surface area contributed by atoms with E-state index in [9.17, 15) is 9.50 Å². The van der Waals surface area contributed by atoms with Gasteiger partial charge < -0.3 is 14.6 Å². The molecule has 0 spiro atoms. The molecule has 0 fully saturated rings. The number of aryl methyl sites for hydroxylation is 1. The third kappa shape index (κ3) is 3.18. The number of rotatable bonds is 5. The Hall–Kier alpha value is -2.47. The molecule has 0 bridgehead atoms. The van der Waals surface area contributed by atoms with E-state index in [1.165, 1.54) is 12.5 Å². The van der Waals surface area contributed by atoms with Crippen LogP contribution in [0.1, 0.15) is 12.5 Å². The van der Waals surface area contributed by atoms with Crippen LogP contribution in [0.4, 0.5) is 4.39 Å². The maximum atomic E-state index is 14.8. The Morgan fingerprint density at radius 1 is 1.33 bits per heavy atom. The summed E-state index contributed by atoms with van der Waals surface area (Å²) in [7, 11) is 0. The largest absolute Gasteiger partial charge is 0.489 e. The van der Waals surface area contributed by atoms with Gasteiger partial charge in [0.25, 0.3) is 0 Å². The Labute approximate surface area is 167 Å². The van der Waals surface area contributed by atoms with Crippen molar-refractivity contribution < 1.29 is 19.0 Å². The Balaban J connectivity index is 1.75. The molecule has 0 aliphatic rings. The minimum absolute atomic E-state index is 0.0299. The number of aromatic nitrogens is 5. The first kappa shape index (κ1) is 17.9. The van der Waals surface area contributed by atoms with E-state index in [4.69, 9.17) is 9.47 Å². The Morgan fingerprint density at radius 2 is 2.15 bits per heavy atom. The molecule has 1 N–H and O–H groups in total. The number of hydrogen-bond acceptors (Lipinski definition) is 6. The first-order valence-corrected chi connectivity index (χ1v) is 9.05. The standard InChI is InChI=1S/C17H15FIN5O3/c1-9(25)7-26-13-6-24-15(10(13)2)17(21-8-22-24)27-12-5-20-16-11(14(12)18)3-4-23(16)19/h3-6,8-9,25H,7H2,1-2H3. The van der Waals surface area contributed by atoms with Crippen molar-refractivity contribution in [3.8, 4) is 17.4 Å². The highest BCUT2D eigenvalue weighted by Gasteiger charge is 2.19. The molecule has 0 radical (unpaired) electrons. The van der Waals surface area contributed by atoms with Crippen molar-refractivity contribution in [2.75, 3.05) is 6.61 Å². The molecule has 0 saturated carbocycles. The fourth-order valence-corrected chi connectivity index (χ4v) is 3.26. The van der Waals surface area contributed by atoms with E-state index >= 15 is 0 Å². The third-order valence-corrected chi connectivity index (χ3v) is 4.78. The first-order chi connectivity index (χ1) is 13.0. The van der Waals surface area contributed by atoms with E-state index in [1.807, 2.05) is 29.8 Å². The van der Waals surface area contributed by atoms with Crippen molar-refractivity contribution in [1.82, 2.24) is 22.4 Å². The lowest BCUT2D eigenvalue weighted by molar-refractivity contribution is 0.122. The number of nitrogens with zero attached hydrogens (tertiary/aromatic N) is 5. The second kappa shape index (κ2) is 6.93. The maximum absolute atomic E-state index is 14.8. The summed E-state index contributed by atoms with van der Waals surface area (Å²) in [4.78, 5) is 8.38. The second-order valence-electron chi connectivity index (χ2n) is 6.04. The quantitative estimate of drug-likeness (QED) is 0.439. The van der Waals surface area contributed by atoms with Crippen molar-refractivity contribution >= 4 is 39.4 Å². The Bertz CT molecular complexity index is 1140. The smallest absolute Gasteiger partial charge is 0.247 e. The molecular formula is C17H15FIN5O3. The summed E-state index contributed by atoms with van der Waals surface area (Å²) in [5, 5.41) is 13.9. The summed E-state index contributed by atoms with van der Waals surface area (Å²) < 4.78 is 29.4. The van der Waals surface area contributed by atoms with Crippen molar-refractivity contribution in [3.05, 3.63) is 42.4 Å². The van der Waals surface area contributed by atoms with Crippen LogP contribution in [0.2, 0.25) is 0 Å². The molecule has 0 aliphatic heterocycles. The van der Waals surface area contributed by atoms with Crippen molar-refractivity contribution in [1.29, 1.82) is 0 Å². The molecule has 0 amide bonds. The van der Waals surface area contributed by atoms with Crippen molar-refractivity contribution in [3.63, 3.8) is 0 Å². The highest BCUT2D eigenvalue weighted by atomic mass is 127. The van der Waals surface area contributed by atoms with Gasteiger partial charge in [-0.1, -0.05) is 0 Å². The van der Waals surface area contributed by atoms with Crippen molar-refractivity contribution in [2.45, 2.75) is 20.0 Å². The lowest BCUT2D eigenvalue weighted by Gasteiger charge is -2.08. The van der Waals surface area contributed by atoms with E-state index in [-0.39, 0.29) is 18.2 Å². The minimum Gasteiger partial charge on any atom is -0.489 e. The van der Waals surface area contributed by atoms with Crippen LogP contribution in [0.5, 0.6) is 17.4 Å². The van der Waals surface area contributed by atoms with Gasteiger partial charge in [-0.15, -0.1) is 0 Å². The molecule has 4 heterocycles. The van der Waals surface area contributed by atoms with E-state index in [0.29, 0.717) is 22.3 Å². The zero-order valence-electron chi connectivity index (χ0n) is 14.4. The topological polar surface area (TPSA) is 86.7 Å². The molecule has 0 aliphatic carbocycles. The molecule has 27 heavy (non-hydrogen) atoms. The Morgan fingerprint density at radius 3 is 2.93 bits per heavy atom.